The molecule has 1 atom stereocenters. The van der Waals surface area contributed by atoms with Crippen LogP contribution in [0.25, 0.3) is 0 Å². The van der Waals surface area contributed by atoms with Crippen LogP contribution in [-0.2, 0) is 0 Å². The minimum absolute atomic E-state index is 1.21. The van der Waals surface area contributed by atoms with Gasteiger partial charge in [-0.15, -0.1) is 0 Å². The fraction of sp³-hybridized carbons (Fsp3) is 1.00. The van der Waals surface area contributed by atoms with Gasteiger partial charge in [-0.1, -0.05) is 0 Å². The summed E-state index contributed by atoms with van der Waals surface area (Å²) in [6.07, 6.45) is -14.1. The largest absolute Gasteiger partial charge is 0.288 e. The van der Waals surface area contributed by atoms with Gasteiger partial charge in [-0.05, 0) is 25.6 Å². The second-order valence-electron chi connectivity index (χ2n) is 0.939. The lowest BCUT2D eigenvalue weighted by Crippen LogP contribution is -2.29. The van der Waals surface area contributed by atoms with Crippen molar-refractivity contribution in [3.63, 3.8) is 0 Å². The molecule has 2 heteroatoms. The molecule has 1 heterocycles. The van der Waals surface area contributed by atoms with Gasteiger partial charge in [0.15, 0.2) is 6.27 Å². The highest BCUT2D eigenvalue weighted by atomic mass is 19.1. The highest BCUT2D eigenvalue weighted by Crippen LogP contribution is 2.06. The fourth-order valence-corrected chi connectivity index (χ4v) is 0.235. The minimum atomic E-state index is -3.76. The fourth-order valence-electron chi connectivity index (χ4n) is 0.235. The van der Waals surface area contributed by atoms with Crippen molar-refractivity contribution in [2.45, 2.75) is 25.4 Å². The van der Waals surface area contributed by atoms with Crippen LogP contribution in [0.1, 0.15) is 31.5 Å². The quantitative estimate of drug-likeness (QED) is 0.462. The number of piperidine rings is 1. The summed E-state index contributed by atoms with van der Waals surface area (Å²) in [5.74, 6) is 0. The molecule has 0 saturated carbocycles. The van der Waals surface area contributed by atoms with E-state index in [9.17, 15) is 4.39 Å². The maximum absolute atomic E-state index is 13.5. The third-order valence-electron chi connectivity index (χ3n) is 0.469. The van der Waals surface area contributed by atoms with E-state index in [1.807, 2.05) is 0 Å². The standard InChI is InChI=1S/C5H10FN/c6-5-3-1-2-4-7-5/h5,7H,1-4H2/i1D2,2D2,3D2,4D2,5D. The van der Waals surface area contributed by atoms with E-state index < -0.39 is 31.9 Å². The van der Waals surface area contributed by atoms with Gasteiger partial charge in [0, 0.05) is 11.0 Å². The minimum Gasteiger partial charge on any atom is -0.288 e. The number of hydrogen-bond donors (Lipinski definition) is 1. The molecule has 1 aliphatic rings. The summed E-state index contributed by atoms with van der Waals surface area (Å²) in [5.41, 5.74) is 0. The topological polar surface area (TPSA) is 12.0 Å². The van der Waals surface area contributed by atoms with Gasteiger partial charge in [0.2, 0.25) is 0 Å². The molecule has 1 aliphatic heterocycles. The van der Waals surface area contributed by atoms with Gasteiger partial charge < -0.3 is 0 Å². The van der Waals surface area contributed by atoms with Gasteiger partial charge in [-0.2, -0.15) is 0 Å². The predicted octanol–water partition coefficient (Wildman–Crippen LogP) is 1.06. The first-order chi connectivity index (χ1) is 6.71. The molecule has 0 aromatic heterocycles. The second kappa shape index (κ2) is 2.26. The van der Waals surface area contributed by atoms with Gasteiger partial charge >= 0.3 is 0 Å². The van der Waals surface area contributed by atoms with Crippen molar-refractivity contribution < 1.29 is 16.7 Å². The summed E-state index contributed by atoms with van der Waals surface area (Å²) in [6.45, 7) is -3.20. The maximum Gasteiger partial charge on any atom is 0.151 e. The third-order valence-corrected chi connectivity index (χ3v) is 0.469. The molecule has 1 fully saturated rings. The van der Waals surface area contributed by atoms with Crippen molar-refractivity contribution in [1.82, 2.24) is 5.32 Å². The van der Waals surface area contributed by atoms with Crippen molar-refractivity contribution >= 4 is 0 Å². The smallest absolute Gasteiger partial charge is 0.151 e. The first-order valence-corrected chi connectivity index (χ1v) is 1.69. The summed E-state index contributed by atoms with van der Waals surface area (Å²) in [4.78, 5) is 0. The van der Waals surface area contributed by atoms with E-state index in [0.717, 1.165) is 0 Å². The van der Waals surface area contributed by atoms with Crippen LogP contribution < -0.4 is 5.32 Å². The highest BCUT2D eigenvalue weighted by molar-refractivity contribution is 4.60. The Hall–Kier alpha value is -0.110. The van der Waals surface area contributed by atoms with E-state index in [-0.39, 0.29) is 0 Å². The monoisotopic (exact) mass is 112 g/mol. The average Bonchev–Trinajstić information content (AvgIpc) is 1.98. The normalized spacial score (nSPS) is 91.3. The Morgan fingerprint density at radius 2 is 2.71 bits per heavy atom. The molecule has 1 rings (SSSR count). The van der Waals surface area contributed by atoms with Crippen molar-refractivity contribution in [3.05, 3.63) is 0 Å². The van der Waals surface area contributed by atoms with Crippen molar-refractivity contribution in [1.29, 1.82) is 0 Å². The van der Waals surface area contributed by atoms with E-state index >= 15 is 0 Å². The average molecular weight is 112 g/mol. The maximum atomic E-state index is 13.5. The lowest BCUT2D eigenvalue weighted by molar-refractivity contribution is 0.223. The Morgan fingerprint density at radius 3 is 3.57 bits per heavy atom. The van der Waals surface area contributed by atoms with Gasteiger partial charge in [0.25, 0.3) is 0 Å². The van der Waals surface area contributed by atoms with E-state index in [1.165, 1.54) is 5.32 Å². The van der Waals surface area contributed by atoms with E-state index in [4.69, 9.17) is 12.3 Å². The molecule has 1 unspecified atom stereocenters. The lowest BCUT2D eigenvalue weighted by Gasteiger charge is -2.14. The van der Waals surface area contributed by atoms with Crippen LogP contribution in [0.3, 0.4) is 0 Å². The molecule has 0 bridgehead atoms. The number of nitrogens with one attached hydrogen (secondary N) is 1. The lowest BCUT2D eigenvalue weighted by atomic mass is 10.2. The van der Waals surface area contributed by atoms with Gasteiger partial charge in [0.1, 0.15) is 0 Å². The third kappa shape index (κ3) is 1.43. The van der Waals surface area contributed by atoms with Crippen LogP contribution in [0.5, 0.6) is 0 Å². The molecule has 1 saturated heterocycles. The van der Waals surface area contributed by atoms with E-state index in [0.29, 0.717) is 0 Å². The zero-order chi connectivity index (χ0) is 13.2. The van der Waals surface area contributed by atoms with Gasteiger partial charge in [-0.25, -0.2) is 4.39 Å². The van der Waals surface area contributed by atoms with Crippen LogP contribution in [0, 0.1) is 0 Å². The first kappa shape index (κ1) is 0.947. The van der Waals surface area contributed by atoms with Crippen molar-refractivity contribution in [3.8, 4) is 0 Å². The van der Waals surface area contributed by atoms with Gasteiger partial charge in [-0.3, -0.25) is 5.32 Å². The summed E-state index contributed by atoms with van der Waals surface area (Å²) in [5, 5.41) is 1.21. The zero-order valence-electron chi connectivity index (χ0n) is 12.4. The van der Waals surface area contributed by atoms with E-state index in [1.54, 1.807) is 0 Å². The van der Waals surface area contributed by atoms with Gasteiger partial charge in [0.05, 0.1) is 1.37 Å². The number of rotatable bonds is 0. The second-order valence-corrected chi connectivity index (χ2v) is 0.939. The Labute approximate surface area is 55.6 Å². The summed E-state index contributed by atoms with van der Waals surface area (Å²) in [7, 11) is 0. The number of halogens is 1. The summed E-state index contributed by atoms with van der Waals surface area (Å²) in [6, 6.07) is 0. The van der Waals surface area contributed by atoms with Crippen LogP contribution in [-0.4, -0.2) is 12.8 Å². The highest BCUT2D eigenvalue weighted by Gasteiger charge is 2.08. The Balaban J connectivity index is 3.43. The molecule has 1 N–H and O–H groups in total. The Kier molecular flexibility index (Phi) is 0.306. The van der Waals surface area contributed by atoms with Crippen LogP contribution in [0.4, 0.5) is 4.39 Å². The molecule has 0 aromatic carbocycles. The molecule has 0 radical (unpaired) electrons. The Morgan fingerprint density at radius 1 is 1.86 bits per heavy atom. The van der Waals surface area contributed by atoms with Crippen molar-refractivity contribution in [2.24, 2.45) is 0 Å². The Bertz CT molecular complexity index is 283. The van der Waals surface area contributed by atoms with Crippen molar-refractivity contribution in [2.75, 3.05) is 6.50 Å². The molecule has 0 amide bonds. The SMILES string of the molecule is [2H]C1([2H])NC([2H])(F)C([2H])([2H])C([2H])([2H])C1([2H])[2H]. The molecule has 0 aromatic rings. The molecule has 1 nitrogen and oxygen atoms in total. The number of alkyl halides is 1. The van der Waals surface area contributed by atoms with E-state index in [2.05, 4.69) is 0 Å². The summed E-state index contributed by atoms with van der Waals surface area (Å²) >= 11 is 0. The molecule has 0 aliphatic carbocycles. The molecule has 0 spiro atoms. The number of hydrogen-bond acceptors (Lipinski definition) is 1. The van der Waals surface area contributed by atoms with Crippen LogP contribution in [0.15, 0.2) is 0 Å². The summed E-state index contributed by atoms with van der Waals surface area (Å²) < 4.78 is 77.8. The predicted molar refractivity (Wildman–Crippen MR) is 26.7 cm³/mol. The van der Waals surface area contributed by atoms with Crippen LogP contribution in [0.2, 0.25) is 0 Å². The molecular formula is C5H10FN. The molecular weight excluding hydrogens is 93.1 g/mol. The molecule has 7 heavy (non-hydrogen) atoms. The van der Waals surface area contributed by atoms with Crippen LogP contribution >= 0.6 is 0 Å². The molecule has 42 valence electrons. The first-order valence-electron chi connectivity index (χ1n) is 6.19. The zero-order valence-corrected chi connectivity index (χ0v) is 3.38.